The highest BCUT2D eigenvalue weighted by Crippen LogP contribution is 2.38. The molecular weight excluding hydrogens is 360 g/mol. The number of rotatable bonds is 5. The minimum Gasteiger partial charge on any atom is -0.486 e. The van der Waals surface area contributed by atoms with Crippen molar-refractivity contribution in [3.8, 4) is 11.5 Å². The average Bonchev–Trinajstić information content (AvgIpc) is 3.10. The molecule has 1 aliphatic rings. The Hall–Kier alpha value is -1.99. The molecule has 1 aromatic carbocycles. The SMILES string of the molecule is CCc1cnc(CNC(=NC)NCc2cc(Cl)c3c(c2)OCCO3)s1. The molecule has 2 aromatic rings. The van der Waals surface area contributed by atoms with E-state index in [1.165, 1.54) is 4.88 Å². The average molecular weight is 381 g/mol. The van der Waals surface area contributed by atoms with Gasteiger partial charge >= 0.3 is 0 Å². The van der Waals surface area contributed by atoms with Gasteiger partial charge in [-0.05, 0) is 24.1 Å². The molecule has 0 spiro atoms. The topological polar surface area (TPSA) is 67.8 Å². The second kappa shape index (κ2) is 8.40. The van der Waals surface area contributed by atoms with Crippen LogP contribution in [0.2, 0.25) is 5.02 Å². The van der Waals surface area contributed by atoms with Crippen LogP contribution >= 0.6 is 22.9 Å². The summed E-state index contributed by atoms with van der Waals surface area (Å²) in [5.74, 6) is 2.02. The van der Waals surface area contributed by atoms with Gasteiger partial charge in [0.25, 0.3) is 0 Å². The molecule has 0 atom stereocenters. The van der Waals surface area contributed by atoms with Crippen LogP contribution in [0.1, 0.15) is 22.4 Å². The lowest BCUT2D eigenvalue weighted by atomic mass is 10.2. The van der Waals surface area contributed by atoms with Gasteiger partial charge in [-0.1, -0.05) is 18.5 Å². The van der Waals surface area contributed by atoms with Crippen LogP contribution < -0.4 is 20.1 Å². The summed E-state index contributed by atoms with van der Waals surface area (Å²) >= 11 is 7.98. The summed E-state index contributed by atoms with van der Waals surface area (Å²) in [7, 11) is 1.74. The smallest absolute Gasteiger partial charge is 0.191 e. The van der Waals surface area contributed by atoms with Crippen LogP contribution in [-0.4, -0.2) is 31.2 Å². The van der Waals surface area contributed by atoms with E-state index in [2.05, 4.69) is 27.5 Å². The van der Waals surface area contributed by atoms with E-state index in [9.17, 15) is 0 Å². The van der Waals surface area contributed by atoms with Gasteiger partial charge in [-0.15, -0.1) is 11.3 Å². The standard InChI is InChI=1S/C17H21ClN4O2S/c1-3-12-9-20-15(25-12)10-22-17(19-2)21-8-11-6-13(18)16-14(7-11)23-4-5-24-16/h6-7,9H,3-5,8,10H2,1-2H3,(H2,19,21,22). The molecule has 134 valence electrons. The van der Waals surface area contributed by atoms with Crippen LogP contribution in [0.3, 0.4) is 0 Å². The lowest BCUT2D eigenvalue weighted by molar-refractivity contribution is 0.171. The number of nitrogens with zero attached hydrogens (tertiary/aromatic N) is 2. The van der Waals surface area contributed by atoms with E-state index in [1.54, 1.807) is 18.4 Å². The predicted molar refractivity (Wildman–Crippen MR) is 101 cm³/mol. The normalized spacial score (nSPS) is 13.6. The van der Waals surface area contributed by atoms with Crippen molar-refractivity contribution < 1.29 is 9.47 Å². The van der Waals surface area contributed by atoms with Gasteiger partial charge in [-0.3, -0.25) is 4.99 Å². The summed E-state index contributed by atoms with van der Waals surface area (Å²) in [5, 5.41) is 8.15. The van der Waals surface area contributed by atoms with Gasteiger partial charge in [0.15, 0.2) is 17.5 Å². The Morgan fingerprint density at radius 2 is 2.08 bits per heavy atom. The van der Waals surface area contributed by atoms with Crippen molar-refractivity contribution in [1.82, 2.24) is 15.6 Å². The Kier molecular flexibility index (Phi) is 5.99. The lowest BCUT2D eigenvalue weighted by Crippen LogP contribution is -2.36. The van der Waals surface area contributed by atoms with Gasteiger partial charge in [-0.2, -0.15) is 0 Å². The molecule has 0 bridgehead atoms. The van der Waals surface area contributed by atoms with Crippen LogP contribution in [0.4, 0.5) is 0 Å². The maximum absolute atomic E-state index is 6.27. The first-order valence-electron chi connectivity index (χ1n) is 8.15. The molecule has 0 saturated carbocycles. The monoisotopic (exact) mass is 380 g/mol. The first-order chi connectivity index (χ1) is 12.2. The summed E-state index contributed by atoms with van der Waals surface area (Å²) < 4.78 is 11.1. The van der Waals surface area contributed by atoms with Gasteiger partial charge in [0.05, 0.1) is 11.6 Å². The molecule has 0 saturated heterocycles. The Morgan fingerprint density at radius 3 is 2.84 bits per heavy atom. The van der Waals surface area contributed by atoms with E-state index in [-0.39, 0.29) is 0 Å². The molecule has 6 nitrogen and oxygen atoms in total. The van der Waals surface area contributed by atoms with Crippen molar-refractivity contribution in [3.05, 3.63) is 38.8 Å². The van der Waals surface area contributed by atoms with Gasteiger partial charge in [0.1, 0.15) is 18.2 Å². The van der Waals surface area contributed by atoms with Crippen molar-refractivity contribution in [2.24, 2.45) is 4.99 Å². The minimum atomic E-state index is 0.525. The van der Waals surface area contributed by atoms with Gasteiger partial charge < -0.3 is 20.1 Å². The van der Waals surface area contributed by atoms with E-state index in [4.69, 9.17) is 21.1 Å². The zero-order valence-corrected chi connectivity index (χ0v) is 15.8. The number of halogens is 1. The van der Waals surface area contributed by atoms with E-state index < -0.39 is 0 Å². The molecular formula is C17H21ClN4O2S. The highest BCUT2D eigenvalue weighted by molar-refractivity contribution is 7.11. The van der Waals surface area contributed by atoms with Crippen LogP contribution in [0, 0.1) is 0 Å². The van der Waals surface area contributed by atoms with Crippen LogP contribution in [0.5, 0.6) is 11.5 Å². The molecule has 1 aromatic heterocycles. The number of guanidine groups is 1. The van der Waals surface area contributed by atoms with Gasteiger partial charge in [0.2, 0.25) is 0 Å². The first-order valence-corrected chi connectivity index (χ1v) is 9.35. The van der Waals surface area contributed by atoms with Crippen molar-refractivity contribution in [2.75, 3.05) is 20.3 Å². The summed E-state index contributed by atoms with van der Waals surface area (Å²) in [6, 6.07) is 3.82. The molecule has 0 radical (unpaired) electrons. The number of ether oxygens (including phenoxy) is 2. The Morgan fingerprint density at radius 1 is 1.28 bits per heavy atom. The number of hydrogen-bond acceptors (Lipinski definition) is 5. The van der Waals surface area contributed by atoms with Gasteiger partial charge in [-0.25, -0.2) is 4.98 Å². The first kappa shape index (κ1) is 17.8. The number of fused-ring (bicyclic) bond motifs is 1. The second-order valence-corrected chi connectivity index (χ2v) is 7.06. The Bertz CT molecular complexity index is 763. The fraction of sp³-hybridized carbons (Fsp3) is 0.412. The third-order valence-corrected chi connectivity index (χ3v) is 5.12. The van der Waals surface area contributed by atoms with Crippen molar-refractivity contribution in [3.63, 3.8) is 0 Å². The molecule has 0 unspecified atom stereocenters. The second-order valence-electron chi connectivity index (χ2n) is 5.46. The Labute approximate surface area is 156 Å². The Balaban J connectivity index is 1.57. The predicted octanol–water partition coefficient (Wildman–Crippen LogP) is 3.00. The summed E-state index contributed by atoms with van der Waals surface area (Å²) in [5.41, 5.74) is 1.000. The van der Waals surface area contributed by atoms with E-state index >= 15 is 0 Å². The molecule has 0 fully saturated rings. The van der Waals surface area contributed by atoms with Crippen molar-refractivity contribution >= 4 is 28.9 Å². The van der Waals surface area contributed by atoms with Crippen LogP contribution in [0.25, 0.3) is 0 Å². The number of hydrogen-bond donors (Lipinski definition) is 2. The third-order valence-electron chi connectivity index (χ3n) is 3.70. The minimum absolute atomic E-state index is 0.525. The van der Waals surface area contributed by atoms with Crippen molar-refractivity contribution in [1.29, 1.82) is 0 Å². The molecule has 1 aliphatic heterocycles. The number of aliphatic imine (C=N–C) groups is 1. The summed E-state index contributed by atoms with van der Waals surface area (Å²) in [4.78, 5) is 9.92. The van der Waals surface area contributed by atoms with E-state index in [0.717, 1.165) is 17.0 Å². The molecule has 2 heterocycles. The number of aryl methyl sites for hydroxylation is 1. The van der Waals surface area contributed by atoms with Crippen LogP contribution in [0.15, 0.2) is 23.3 Å². The number of aromatic nitrogens is 1. The molecule has 25 heavy (non-hydrogen) atoms. The highest BCUT2D eigenvalue weighted by Gasteiger charge is 2.16. The fourth-order valence-corrected chi connectivity index (χ4v) is 3.52. The third kappa shape index (κ3) is 4.55. The zero-order chi connectivity index (χ0) is 17.6. The molecule has 0 aliphatic carbocycles. The lowest BCUT2D eigenvalue weighted by Gasteiger charge is -2.20. The molecule has 8 heteroatoms. The summed E-state index contributed by atoms with van der Waals surface area (Å²) in [6.45, 7) is 4.42. The summed E-state index contributed by atoms with van der Waals surface area (Å²) in [6.07, 6.45) is 2.94. The van der Waals surface area contributed by atoms with Crippen LogP contribution in [-0.2, 0) is 19.5 Å². The van der Waals surface area contributed by atoms with Gasteiger partial charge in [0, 0.05) is 24.7 Å². The largest absolute Gasteiger partial charge is 0.486 e. The number of thiazole rings is 1. The maximum Gasteiger partial charge on any atom is 0.191 e. The molecule has 2 N–H and O–H groups in total. The fourth-order valence-electron chi connectivity index (χ4n) is 2.43. The molecule has 0 amide bonds. The number of benzene rings is 1. The van der Waals surface area contributed by atoms with E-state index in [1.807, 2.05) is 18.3 Å². The molecule has 3 rings (SSSR count). The number of nitrogens with one attached hydrogen (secondary N) is 2. The highest BCUT2D eigenvalue weighted by atomic mass is 35.5. The van der Waals surface area contributed by atoms with E-state index in [0.29, 0.717) is 48.8 Å². The maximum atomic E-state index is 6.27. The zero-order valence-electron chi connectivity index (χ0n) is 14.3. The van der Waals surface area contributed by atoms with Crippen molar-refractivity contribution in [2.45, 2.75) is 26.4 Å². The quantitative estimate of drug-likeness (QED) is 0.616.